The van der Waals surface area contributed by atoms with Gasteiger partial charge in [0.2, 0.25) is 5.91 Å². The molecule has 184 valence electrons. The number of halogens is 3. The van der Waals surface area contributed by atoms with Crippen LogP contribution in [0.15, 0.2) is 24.5 Å². The van der Waals surface area contributed by atoms with E-state index in [-0.39, 0.29) is 35.7 Å². The summed E-state index contributed by atoms with van der Waals surface area (Å²) in [4.78, 5) is 44.1. The van der Waals surface area contributed by atoms with Crippen molar-refractivity contribution in [3.05, 3.63) is 41.3 Å². The van der Waals surface area contributed by atoms with Crippen molar-refractivity contribution in [2.75, 3.05) is 33.3 Å². The van der Waals surface area contributed by atoms with Crippen molar-refractivity contribution in [2.24, 2.45) is 5.92 Å². The van der Waals surface area contributed by atoms with Crippen molar-refractivity contribution in [1.82, 2.24) is 24.6 Å². The van der Waals surface area contributed by atoms with Gasteiger partial charge in [0, 0.05) is 26.3 Å². The van der Waals surface area contributed by atoms with Gasteiger partial charge in [-0.1, -0.05) is 0 Å². The van der Waals surface area contributed by atoms with Crippen LogP contribution >= 0.6 is 0 Å². The first-order chi connectivity index (χ1) is 16.0. The standard InChI is InChI=1S/C22H26F3N5O4/c1-4-34-21(33)15-7-9-29(10-8-15)19(31)13-28(3)20(32)17-12-27-30(14(17)2)18-6-5-16(11-26-18)22(23,24)25/h5-6,11-12,15H,4,7-10,13H2,1-3H3. The van der Waals surface area contributed by atoms with E-state index in [2.05, 4.69) is 10.1 Å². The van der Waals surface area contributed by atoms with Crippen LogP contribution in [0.1, 0.15) is 41.4 Å². The molecule has 2 amide bonds. The number of carbonyl (C=O) groups excluding carboxylic acids is 3. The van der Waals surface area contributed by atoms with Crippen LogP contribution in [-0.2, 0) is 20.5 Å². The first-order valence-electron chi connectivity index (χ1n) is 10.8. The van der Waals surface area contributed by atoms with Gasteiger partial charge in [0.1, 0.15) is 0 Å². The number of likely N-dealkylation sites (N-methyl/N-ethyl adjacent to an activating group) is 1. The quantitative estimate of drug-likeness (QED) is 0.588. The molecule has 0 N–H and O–H groups in total. The minimum absolute atomic E-state index is 0.132. The van der Waals surface area contributed by atoms with Gasteiger partial charge in [0.15, 0.2) is 5.82 Å². The molecule has 1 aliphatic rings. The molecule has 3 rings (SSSR count). The zero-order valence-electron chi connectivity index (χ0n) is 19.1. The van der Waals surface area contributed by atoms with Crippen molar-refractivity contribution in [3.8, 4) is 5.82 Å². The highest BCUT2D eigenvalue weighted by atomic mass is 19.4. The molecule has 1 aliphatic heterocycles. The van der Waals surface area contributed by atoms with Gasteiger partial charge < -0.3 is 14.5 Å². The highest BCUT2D eigenvalue weighted by molar-refractivity contribution is 5.97. The molecule has 2 aromatic rings. The van der Waals surface area contributed by atoms with Crippen LogP contribution in [0.3, 0.4) is 0 Å². The lowest BCUT2D eigenvalue weighted by molar-refractivity contribution is -0.151. The second-order valence-corrected chi connectivity index (χ2v) is 8.03. The third-order valence-corrected chi connectivity index (χ3v) is 5.72. The second kappa shape index (κ2) is 10.2. The highest BCUT2D eigenvalue weighted by Crippen LogP contribution is 2.29. The summed E-state index contributed by atoms with van der Waals surface area (Å²) in [6.45, 7) is 4.30. The van der Waals surface area contributed by atoms with Crippen LogP contribution in [0.5, 0.6) is 0 Å². The molecule has 0 radical (unpaired) electrons. The lowest BCUT2D eigenvalue weighted by Crippen LogP contribution is -2.45. The molecule has 12 heteroatoms. The molecule has 0 spiro atoms. The van der Waals surface area contributed by atoms with E-state index >= 15 is 0 Å². The third-order valence-electron chi connectivity index (χ3n) is 5.72. The van der Waals surface area contributed by atoms with Crippen molar-refractivity contribution in [3.63, 3.8) is 0 Å². The maximum Gasteiger partial charge on any atom is 0.417 e. The molecule has 0 unspecified atom stereocenters. The molecule has 0 atom stereocenters. The molecular weight excluding hydrogens is 455 g/mol. The molecule has 34 heavy (non-hydrogen) atoms. The van der Waals surface area contributed by atoms with Crippen LogP contribution in [-0.4, -0.2) is 75.6 Å². The van der Waals surface area contributed by atoms with Gasteiger partial charge in [-0.2, -0.15) is 18.3 Å². The van der Waals surface area contributed by atoms with Crippen LogP contribution in [0.2, 0.25) is 0 Å². The Kier molecular flexibility index (Phi) is 7.57. The number of aromatic nitrogens is 3. The highest BCUT2D eigenvalue weighted by Gasteiger charge is 2.31. The molecule has 0 bridgehead atoms. The number of hydrogen-bond acceptors (Lipinski definition) is 6. The largest absolute Gasteiger partial charge is 0.466 e. The van der Waals surface area contributed by atoms with Crippen molar-refractivity contribution >= 4 is 17.8 Å². The van der Waals surface area contributed by atoms with Gasteiger partial charge >= 0.3 is 12.1 Å². The van der Waals surface area contributed by atoms with Crippen molar-refractivity contribution in [1.29, 1.82) is 0 Å². The minimum Gasteiger partial charge on any atom is -0.466 e. The first kappa shape index (κ1) is 25.2. The summed E-state index contributed by atoms with van der Waals surface area (Å²) in [7, 11) is 1.48. The zero-order chi connectivity index (χ0) is 25.0. The Bertz CT molecular complexity index is 1040. The zero-order valence-corrected chi connectivity index (χ0v) is 19.1. The van der Waals surface area contributed by atoms with E-state index in [0.29, 0.717) is 44.4 Å². The van der Waals surface area contributed by atoms with E-state index in [4.69, 9.17) is 4.74 Å². The smallest absolute Gasteiger partial charge is 0.417 e. The SMILES string of the molecule is CCOC(=O)C1CCN(C(=O)CN(C)C(=O)c2cnn(-c3ccc(C(F)(F)F)cn3)c2C)CC1. The molecule has 9 nitrogen and oxygen atoms in total. The molecule has 0 aliphatic carbocycles. The summed E-state index contributed by atoms with van der Waals surface area (Å²) < 4.78 is 44.6. The fourth-order valence-corrected chi connectivity index (χ4v) is 3.73. The average molecular weight is 481 g/mol. The Balaban J connectivity index is 1.61. The predicted molar refractivity (Wildman–Crippen MR) is 114 cm³/mol. The van der Waals surface area contributed by atoms with E-state index < -0.39 is 17.6 Å². The van der Waals surface area contributed by atoms with Gasteiger partial charge in [0.25, 0.3) is 5.91 Å². The minimum atomic E-state index is -4.50. The fourth-order valence-electron chi connectivity index (χ4n) is 3.73. The van der Waals surface area contributed by atoms with Crippen LogP contribution < -0.4 is 0 Å². The summed E-state index contributed by atoms with van der Waals surface area (Å²) >= 11 is 0. The number of carbonyl (C=O) groups is 3. The number of rotatable bonds is 6. The number of nitrogens with zero attached hydrogens (tertiary/aromatic N) is 5. The molecule has 2 aromatic heterocycles. The Hall–Kier alpha value is -3.44. The molecule has 1 fully saturated rings. The first-order valence-corrected chi connectivity index (χ1v) is 10.8. The Morgan fingerprint density at radius 1 is 1.18 bits per heavy atom. The summed E-state index contributed by atoms with van der Waals surface area (Å²) in [5.41, 5.74) is -0.299. The van der Waals surface area contributed by atoms with Crippen LogP contribution in [0.4, 0.5) is 13.2 Å². The van der Waals surface area contributed by atoms with E-state index in [1.165, 1.54) is 28.9 Å². The number of alkyl halides is 3. The monoisotopic (exact) mass is 481 g/mol. The normalized spacial score (nSPS) is 14.7. The van der Waals surface area contributed by atoms with Gasteiger partial charge in [-0.3, -0.25) is 14.4 Å². The number of likely N-dealkylation sites (tertiary alicyclic amines) is 1. The van der Waals surface area contributed by atoms with Crippen molar-refractivity contribution in [2.45, 2.75) is 32.9 Å². The molecule has 1 saturated heterocycles. The molecule has 3 heterocycles. The van der Waals surface area contributed by atoms with Gasteiger partial charge in [0.05, 0.1) is 42.1 Å². The van der Waals surface area contributed by atoms with Crippen molar-refractivity contribution < 1.29 is 32.3 Å². The maximum atomic E-state index is 12.9. The van der Waals surface area contributed by atoms with E-state index in [0.717, 1.165) is 6.07 Å². The van der Waals surface area contributed by atoms with E-state index in [9.17, 15) is 27.6 Å². The number of esters is 1. The number of amides is 2. The van der Waals surface area contributed by atoms with E-state index in [1.54, 1.807) is 18.7 Å². The molecule has 0 saturated carbocycles. The number of ether oxygens (including phenoxy) is 1. The lowest BCUT2D eigenvalue weighted by atomic mass is 9.97. The van der Waals surface area contributed by atoms with Crippen LogP contribution in [0.25, 0.3) is 5.82 Å². The van der Waals surface area contributed by atoms with Gasteiger partial charge in [-0.25, -0.2) is 9.67 Å². The van der Waals surface area contributed by atoms with Gasteiger partial charge in [-0.15, -0.1) is 0 Å². The topological polar surface area (TPSA) is 97.6 Å². The predicted octanol–water partition coefficient (Wildman–Crippen LogP) is 2.47. The van der Waals surface area contributed by atoms with E-state index in [1.807, 2.05) is 0 Å². The Labute approximate surface area is 194 Å². The molecule has 0 aromatic carbocycles. The number of hydrogen-bond donors (Lipinski definition) is 0. The lowest BCUT2D eigenvalue weighted by Gasteiger charge is -2.32. The summed E-state index contributed by atoms with van der Waals surface area (Å²) in [6, 6.07) is 2.06. The van der Waals surface area contributed by atoms with Gasteiger partial charge in [-0.05, 0) is 38.8 Å². The van der Waals surface area contributed by atoms with Crippen LogP contribution in [0, 0.1) is 12.8 Å². The summed E-state index contributed by atoms with van der Waals surface area (Å²) in [5, 5.41) is 4.08. The maximum absolute atomic E-state index is 12.9. The summed E-state index contributed by atoms with van der Waals surface area (Å²) in [6.07, 6.45) is -1.49. The Morgan fingerprint density at radius 2 is 1.85 bits per heavy atom. The third kappa shape index (κ3) is 5.54. The molecular formula is C22H26F3N5O4. The average Bonchev–Trinajstić information content (AvgIpc) is 3.19. The fraction of sp³-hybridized carbons (Fsp3) is 0.500. The Morgan fingerprint density at radius 3 is 2.41 bits per heavy atom. The second-order valence-electron chi connectivity index (χ2n) is 8.03. The summed E-state index contributed by atoms with van der Waals surface area (Å²) in [5.74, 6) is -1.04. The number of piperidine rings is 1. The number of pyridine rings is 1.